The van der Waals surface area contributed by atoms with Crippen molar-refractivity contribution in [3.8, 4) is 0 Å². The van der Waals surface area contributed by atoms with E-state index in [1.165, 1.54) is 29.9 Å². The third kappa shape index (κ3) is 11.6. The summed E-state index contributed by atoms with van der Waals surface area (Å²) in [5.74, 6) is 0.939. The summed E-state index contributed by atoms with van der Waals surface area (Å²) in [6, 6.07) is 8.88. The second-order valence-electron chi connectivity index (χ2n) is 9.39. The molecule has 10 heteroatoms. The fraction of sp³-hybridized carbons (Fsp3) is 0.355. The van der Waals surface area contributed by atoms with E-state index in [1.54, 1.807) is 0 Å². The van der Waals surface area contributed by atoms with Gasteiger partial charge in [0.15, 0.2) is 6.29 Å². The van der Waals surface area contributed by atoms with Crippen molar-refractivity contribution in [2.24, 2.45) is 15.7 Å². The quantitative estimate of drug-likeness (QED) is 0.214. The topological polar surface area (TPSA) is 105 Å². The average Bonchev–Trinajstić information content (AvgIpc) is 2.92. The minimum absolute atomic E-state index is 0.206. The predicted octanol–water partition coefficient (Wildman–Crippen LogP) is 6.15. The number of hydrogen-bond acceptors (Lipinski definition) is 7. The second-order valence-corrected chi connectivity index (χ2v) is 10.2. The van der Waals surface area contributed by atoms with Gasteiger partial charge in [0.1, 0.15) is 5.76 Å². The maximum atomic E-state index is 10.3. The number of halogens is 2. The maximum Gasteiger partial charge on any atom is 0.153 e. The first-order valence-corrected chi connectivity index (χ1v) is 14.2. The lowest BCUT2D eigenvalue weighted by Gasteiger charge is -2.36. The van der Waals surface area contributed by atoms with E-state index in [2.05, 4.69) is 70.1 Å². The molecule has 0 spiro atoms. The molecule has 1 atom stereocenters. The van der Waals surface area contributed by atoms with Gasteiger partial charge in [-0.15, -0.1) is 0 Å². The van der Waals surface area contributed by atoms with Gasteiger partial charge in [0.2, 0.25) is 0 Å². The number of aryl methyl sites for hydroxylation is 1. The minimum atomic E-state index is 0.206. The SMILES string of the molecule is C=C(CCN(Cc1cccc(C)c1)C1CCOC2=CCC/C=C\N=C21)N=CN.CNC.O=Cc1c(Cl)cncc1Cl. The van der Waals surface area contributed by atoms with Crippen molar-refractivity contribution in [1.29, 1.82) is 0 Å². The van der Waals surface area contributed by atoms with Crippen LogP contribution in [0.25, 0.3) is 0 Å². The molecule has 2 aliphatic heterocycles. The zero-order valence-electron chi connectivity index (χ0n) is 24.0. The fourth-order valence-corrected chi connectivity index (χ4v) is 4.66. The number of aliphatic imine (C=N–C) groups is 2. The minimum Gasteiger partial charge on any atom is -0.492 e. The molecule has 0 radical (unpaired) electrons. The number of aldehydes is 1. The summed E-state index contributed by atoms with van der Waals surface area (Å²) in [5.41, 5.74) is 10.1. The van der Waals surface area contributed by atoms with E-state index < -0.39 is 0 Å². The Labute approximate surface area is 253 Å². The third-order valence-electron chi connectivity index (χ3n) is 6.06. The van der Waals surface area contributed by atoms with Crippen LogP contribution < -0.4 is 11.1 Å². The first kappa shape index (κ1) is 33.9. The van der Waals surface area contributed by atoms with Crippen LogP contribution in [0.4, 0.5) is 0 Å². The normalized spacial score (nSPS) is 16.8. The van der Waals surface area contributed by atoms with Crippen LogP contribution in [0.3, 0.4) is 0 Å². The molecule has 0 saturated carbocycles. The molecule has 0 bridgehead atoms. The Morgan fingerprint density at radius 2 is 2.00 bits per heavy atom. The van der Waals surface area contributed by atoms with Crippen molar-refractivity contribution in [3.63, 3.8) is 0 Å². The summed E-state index contributed by atoms with van der Waals surface area (Å²) in [6.07, 6.45) is 14.5. The largest absolute Gasteiger partial charge is 0.492 e. The van der Waals surface area contributed by atoms with Crippen molar-refractivity contribution in [3.05, 3.63) is 99.8 Å². The number of pyridine rings is 1. The van der Waals surface area contributed by atoms with Crippen LogP contribution in [-0.2, 0) is 11.3 Å². The summed E-state index contributed by atoms with van der Waals surface area (Å²) < 4.78 is 5.94. The average molecular weight is 600 g/mol. The fourth-order valence-electron chi connectivity index (χ4n) is 4.21. The van der Waals surface area contributed by atoms with Crippen LogP contribution >= 0.6 is 23.2 Å². The van der Waals surface area contributed by atoms with E-state index in [-0.39, 0.29) is 16.1 Å². The molecule has 1 aromatic heterocycles. The van der Waals surface area contributed by atoms with E-state index in [1.807, 2.05) is 20.3 Å². The monoisotopic (exact) mass is 598 g/mol. The van der Waals surface area contributed by atoms with E-state index in [9.17, 15) is 4.79 Å². The first-order chi connectivity index (χ1) is 19.8. The number of carbonyl (C=O) groups is 1. The maximum absolute atomic E-state index is 10.3. The highest BCUT2D eigenvalue weighted by atomic mass is 35.5. The van der Waals surface area contributed by atoms with Crippen LogP contribution in [0.2, 0.25) is 10.0 Å². The van der Waals surface area contributed by atoms with Crippen molar-refractivity contribution in [1.82, 2.24) is 15.2 Å². The highest BCUT2D eigenvalue weighted by Gasteiger charge is 2.31. The van der Waals surface area contributed by atoms with Gasteiger partial charge in [0.25, 0.3) is 0 Å². The number of rotatable bonds is 8. The van der Waals surface area contributed by atoms with Crippen LogP contribution in [0.1, 0.15) is 47.2 Å². The van der Waals surface area contributed by atoms with Crippen LogP contribution in [0.5, 0.6) is 0 Å². The Hall–Kier alpha value is -3.30. The standard InChI is InChI=1S/C23H30N4O.C6H3Cl2NO.C2H7N/c1-18-7-6-8-20(15-18)16-27(13-10-19(2)26-17-24)21-11-14-28-22-9-4-3-5-12-25-23(21)22;7-5-1-9-2-6(8)4(5)3-10;1-3-2/h5-9,12,15,17,21H,2-4,10-11,13-14,16H2,1H3,(H2,24,26);1-3H;3H,1-2H3/b12-5-,22-9?,25-23?;;. The number of hydrogen-bond donors (Lipinski definition) is 2. The summed E-state index contributed by atoms with van der Waals surface area (Å²) >= 11 is 11.1. The number of allylic oxidation sites excluding steroid dienone is 2. The summed E-state index contributed by atoms with van der Waals surface area (Å²) in [5, 5.41) is 3.31. The molecule has 0 aliphatic carbocycles. The number of nitrogens with one attached hydrogen (secondary N) is 1. The van der Waals surface area contributed by atoms with Gasteiger partial charge in [-0.1, -0.05) is 65.7 Å². The molecule has 3 heterocycles. The molecule has 220 valence electrons. The second kappa shape index (κ2) is 18.9. The Morgan fingerprint density at radius 1 is 1.27 bits per heavy atom. The highest BCUT2D eigenvalue weighted by molar-refractivity contribution is 6.38. The molecule has 2 aliphatic rings. The van der Waals surface area contributed by atoms with Crippen LogP contribution in [-0.4, -0.2) is 61.5 Å². The Bertz CT molecular complexity index is 1240. The van der Waals surface area contributed by atoms with Crippen molar-refractivity contribution < 1.29 is 9.53 Å². The summed E-state index contributed by atoms with van der Waals surface area (Å²) in [6.45, 7) is 8.54. The number of ether oxygens (including phenoxy) is 1. The molecular weight excluding hydrogens is 559 g/mol. The zero-order chi connectivity index (χ0) is 30.0. The Morgan fingerprint density at radius 3 is 2.63 bits per heavy atom. The lowest BCUT2D eigenvalue weighted by Crippen LogP contribution is -2.45. The number of carbonyl (C=O) groups excluding carboxylic acids is 1. The smallest absolute Gasteiger partial charge is 0.153 e. The summed E-state index contributed by atoms with van der Waals surface area (Å²) in [7, 11) is 3.75. The van der Waals surface area contributed by atoms with E-state index in [4.69, 9.17) is 38.7 Å². The van der Waals surface area contributed by atoms with E-state index >= 15 is 0 Å². The molecule has 8 nitrogen and oxygen atoms in total. The van der Waals surface area contributed by atoms with E-state index in [0.717, 1.165) is 55.9 Å². The molecule has 2 aromatic rings. The van der Waals surface area contributed by atoms with Crippen LogP contribution in [0.15, 0.2) is 83.0 Å². The van der Waals surface area contributed by atoms with Gasteiger partial charge < -0.3 is 15.8 Å². The third-order valence-corrected chi connectivity index (χ3v) is 6.66. The van der Waals surface area contributed by atoms with Gasteiger partial charge >= 0.3 is 0 Å². The lowest BCUT2D eigenvalue weighted by molar-refractivity contribution is 0.112. The van der Waals surface area contributed by atoms with Gasteiger partial charge in [-0.2, -0.15) is 0 Å². The van der Waals surface area contributed by atoms with Crippen molar-refractivity contribution >= 4 is 41.5 Å². The molecule has 1 aromatic carbocycles. The summed E-state index contributed by atoms with van der Waals surface area (Å²) in [4.78, 5) is 25.3. The number of aromatic nitrogens is 1. The molecule has 3 N–H and O–H groups in total. The Kier molecular flexibility index (Phi) is 15.7. The first-order valence-electron chi connectivity index (χ1n) is 13.4. The number of benzene rings is 1. The lowest BCUT2D eigenvalue weighted by atomic mass is 9.99. The molecule has 1 saturated heterocycles. The number of nitrogens with zero attached hydrogens (tertiary/aromatic N) is 4. The Balaban J connectivity index is 0.000000376. The van der Waals surface area contributed by atoms with Gasteiger partial charge in [-0.3, -0.25) is 19.7 Å². The number of fused-ring (bicyclic) bond motifs is 1. The van der Waals surface area contributed by atoms with Crippen molar-refractivity contribution in [2.45, 2.75) is 45.2 Å². The molecule has 4 rings (SSSR count). The van der Waals surface area contributed by atoms with Gasteiger partial charge in [0.05, 0.1) is 40.3 Å². The van der Waals surface area contributed by atoms with Gasteiger partial charge in [0, 0.05) is 50.2 Å². The number of nitrogens with two attached hydrogens (primary N) is 1. The molecule has 1 fully saturated rings. The van der Waals surface area contributed by atoms with Gasteiger partial charge in [-0.25, -0.2) is 4.99 Å². The van der Waals surface area contributed by atoms with Gasteiger partial charge in [-0.05, 0) is 45.5 Å². The van der Waals surface area contributed by atoms with Crippen molar-refractivity contribution in [2.75, 3.05) is 27.2 Å². The molecule has 1 unspecified atom stereocenters. The highest BCUT2D eigenvalue weighted by Crippen LogP contribution is 2.25. The molecular formula is C31H40Cl2N6O2. The molecule has 0 amide bonds. The predicted molar refractivity (Wildman–Crippen MR) is 171 cm³/mol. The van der Waals surface area contributed by atoms with E-state index in [0.29, 0.717) is 18.5 Å². The zero-order valence-corrected chi connectivity index (χ0v) is 25.5. The van der Waals surface area contributed by atoms with Crippen LogP contribution in [0, 0.1) is 6.92 Å². The molecule has 41 heavy (non-hydrogen) atoms.